The van der Waals surface area contributed by atoms with Crippen LogP contribution in [0.2, 0.25) is 0 Å². The number of nitrogens with one attached hydrogen (secondary N) is 1. The Labute approximate surface area is 158 Å². The molecule has 28 heavy (non-hydrogen) atoms. The zero-order valence-corrected chi connectivity index (χ0v) is 14.6. The largest absolute Gasteiger partial charge is 0.479 e. The number of aliphatic hydroxyl groups excluding tert-OH is 8. The van der Waals surface area contributed by atoms with Crippen LogP contribution in [-0.4, -0.2) is 126 Å². The summed E-state index contributed by atoms with van der Waals surface area (Å²) in [5, 5.41) is 82.6. The molecular weight excluding hydrogens is 390 g/mol. The second-order valence-corrected chi connectivity index (χ2v) is 5.85. The summed E-state index contributed by atoms with van der Waals surface area (Å²) in [4.78, 5) is 30.7. The van der Waals surface area contributed by atoms with Crippen LogP contribution in [0, 0.1) is 0 Å². The van der Waals surface area contributed by atoms with Gasteiger partial charge in [0.25, 0.3) is 0 Å². The van der Waals surface area contributed by atoms with Gasteiger partial charge in [-0.25, -0.2) is 4.79 Å². The quantitative estimate of drug-likeness (QED) is 0.174. The summed E-state index contributed by atoms with van der Waals surface area (Å²) in [7, 11) is 0. The maximum absolute atomic E-state index is 10.7. The fourth-order valence-corrected chi connectivity index (χ4v) is 2.10. The number of aliphatic carboxylic acids is 1. The van der Waals surface area contributed by atoms with Crippen LogP contribution in [0.25, 0.3) is 0 Å². The number of carboxylic acid groups (broad SMARTS) is 1. The highest BCUT2D eigenvalue weighted by molar-refractivity contribution is 5.73. The van der Waals surface area contributed by atoms with Crippen LogP contribution in [0.3, 0.4) is 0 Å². The van der Waals surface area contributed by atoms with E-state index in [2.05, 4.69) is 5.32 Å². The second-order valence-electron chi connectivity index (χ2n) is 5.85. The molecule has 1 amide bonds. The van der Waals surface area contributed by atoms with E-state index < -0.39 is 73.5 Å². The van der Waals surface area contributed by atoms with Gasteiger partial charge in [0, 0.05) is 6.92 Å². The Morgan fingerprint density at radius 2 is 1.61 bits per heavy atom. The Morgan fingerprint density at radius 1 is 1.07 bits per heavy atom. The van der Waals surface area contributed by atoms with Crippen molar-refractivity contribution in [2.45, 2.75) is 62.0 Å². The van der Waals surface area contributed by atoms with Gasteiger partial charge in [-0.15, -0.1) is 0 Å². The molecule has 0 spiro atoms. The van der Waals surface area contributed by atoms with Crippen molar-refractivity contribution < 1.29 is 65.1 Å². The van der Waals surface area contributed by atoms with Crippen molar-refractivity contribution in [3.05, 3.63) is 0 Å². The average Bonchev–Trinajstić information content (AvgIpc) is 2.65. The Morgan fingerprint density at radius 3 is 2.00 bits per heavy atom. The average molecular weight is 415 g/mol. The van der Waals surface area contributed by atoms with Gasteiger partial charge < -0.3 is 60.8 Å². The van der Waals surface area contributed by atoms with Gasteiger partial charge in [0.15, 0.2) is 18.7 Å². The first kappa shape index (κ1) is 26.2. The number of aliphatic hydroxyl groups is 8. The first-order valence-corrected chi connectivity index (χ1v) is 7.86. The highest BCUT2D eigenvalue weighted by atomic mass is 16.6. The number of carbonyl (C=O) groups is 3. The predicted octanol–water partition coefficient (Wildman–Crippen LogP) is -6.36. The molecule has 14 nitrogen and oxygen atoms in total. The van der Waals surface area contributed by atoms with Gasteiger partial charge in [-0.3, -0.25) is 4.79 Å². The Kier molecular flexibility index (Phi) is 11.2. The van der Waals surface area contributed by atoms with Crippen molar-refractivity contribution in [3.8, 4) is 0 Å². The lowest BCUT2D eigenvalue weighted by Gasteiger charge is -2.40. The molecule has 10 N–H and O–H groups in total. The molecule has 1 fully saturated rings. The van der Waals surface area contributed by atoms with Crippen molar-refractivity contribution in [3.63, 3.8) is 0 Å². The zero-order chi connectivity index (χ0) is 22.2. The molecule has 1 heterocycles. The molecule has 9 atom stereocenters. The van der Waals surface area contributed by atoms with E-state index in [1.807, 2.05) is 0 Å². The van der Waals surface area contributed by atoms with Crippen LogP contribution in [0.15, 0.2) is 0 Å². The summed E-state index contributed by atoms with van der Waals surface area (Å²) in [6.45, 7) is 0.687. The predicted molar refractivity (Wildman–Crippen MR) is 85.3 cm³/mol. The molecule has 0 bridgehead atoms. The van der Waals surface area contributed by atoms with E-state index in [9.17, 15) is 29.7 Å². The standard InChI is InChI=1S/C8H15NO6.C6H10O7/c1-3(11)9-5-7(13)6(12)4(2-10)15-8(5)14;7-1-2(8)3(9)4(10)5(11)6(12)13/h4-8,10,12-14H,2H2,1H3,(H,9,11);1-5,8-11H,(H,12,13)/t4-,5-,6-,7-,8-;2-,3+,4-,5-/m10/s1. The maximum Gasteiger partial charge on any atom is 0.335 e. The van der Waals surface area contributed by atoms with Gasteiger partial charge in [-0.2, -0.15) is 0 Å². The van der Waals surface area contributed by atoms with Gasteiger partial charge >= 0.3 is 5.97 Å². The number of aldehydes is 1. The van der Waals surface area contributed by atoms with Gasteiger partial charge in [0.2, 0.25) is 5.91 Å². The molecule has 0 unspecified atom stereocenters. The van der Waals surface area contributed by atoms with Crippen molar-refractivity contribution in [2.24, 2.45) is 0 Å². The fourth-order valence-electron chi connectivity index (χ4n) is 2.10. The van der Waals surface area contributed by atoms with Gasteiger partial charge in [0.05, 0.1) is 6.61 Å². The molecule has 0 aromatic carbocycles. The monoisotopic (exact) mass is 415 g/mol. The first-order chi connectivity index (χ1) is 12.9. The molecule has 1 rings (SSSR count). The SMILES string of the molecule is CC(=O)N[C@@H]1[C@@H](O)[C@H](O)[C@@H](CO)O[C@H]1O.O=C[C@H](O)[C@@H](O)[C@H](O)[C@H](O)C(=O)O. The van der Waals surface area contributed by atoms with Crippen LogP contribution >= 0.6 is 0 Å². The van der Waals surface area contributed by atoms with Crippen molar-refractivity contribution >= 4 is 18.2 Å². The third kappa shape index (κ3) is 7.34. The normalized spacial score (nSPS) is 31.4. The number of carbonyl (C=O) groups excluding carboxylic acids is 2. The summed E-state index contributed by atoms with van der Waals surface area (Å²) in [6, 6.07) is -1.10. The van der Waals surface area contributed by atoms with Crippen LogP contribution in [0.5, 0.6) is 0 Å². The lowest BCUT2D eigenvalue weighted by molar-refractivity contribution is -0.253. The van der Waals surface area contributed by atoms with Crippen molar-refractivity contribution in [1.29, 1.82) is 0 Å². The Bertz CT molecular complexity index is 517. The Hall–Kier alpha value is -1.75. The van der Waals surface area contributed by atoms with Crippen LogP contribution in [-0.2, 0) is 19.1 Å². The van der Waals surface area contributed by atoms with Crippen molar-refractivity contribution in [1.82, 2.24) is 5.32 Å². The topological polar surface area (TPSA) is 255 Å². The lowest BCUT2D eigenvalue weighted by Crippen LogP contribution is -2.63. The highest BCUT2D eigenvalue weighted by Gasteiger charge is 2.43. The third-order valence-corrected chi connectivity index (χ3v) is 3.69. The molecule has 0 aliphatic carbocycles. The van der Waals surface area contributed by atoms with E-state index in [4.69, 9.17) is 35.4 Å². The maximum atomic E-state index is 10.7. The number of hydrogen-bond acceptors (Lipinski definition) is 12. The third-order valence-electron chi connectivity index (χ3n) is 3.69. The van der Waals surface area contributed by atoms with E-state index in [0.717, 1.165) is 0 Å². The summed E-state index contributed by atoms with van der Waals surface area (Å²) in [5.41, 5.74) is 0. The molecule has 164 valence electrons. The molecule has 0 saturated carbocycles. The second kappa shape index (κ2) is 11.9. The minimum atomic E-state index is -2.25. The van der Waals surface area contributed by atoms with E-state index in [0.29, 0.717) is 0 Å². The summed E-state index contributed by atoms with van der Waals surface area (Å²) < 4.78 is 4.81. The zero-order valence-electron chi connectivity index (χ0n) is 14.6. The number of carboxylic acids is 1. The number of amides is 1. The summed E-state index contributed by atoms with van der Waals surface area (Å²) in [6.07, 6.45) is -13.6. The van der Waals surface area contributed by atoms with E-state index >= 15 is 0 Å². The number of rotatable bonds is 7. The lowest BCUT2D eigenvalue weighted by atomic mass is 9.97. The molecule has 0 radical (unpaired) electrons. The van der Waals surface area contributed by atoms with Crippen LogP contribution in [0.4, 0.5) is 0 Å². The van der Waals surface area contributed by atoms with Gasteiger partial charge in [-0.05, 0) is 0 Å². The van der Waals surface area contributed by atoms with E-state index in [-0.39, 0.29) is 6.29 Å². The highest BCUT2D eigenvalue weighted by Crippen LogP contribution is 2.19. The minimum absolute atomic E-state index is 0.0809. The molecule has 1 aliphatic heterocycles. The van der Waals surface area contributed by atoms with Crippen molar-refractivity contribution in [2.75, 3.05) is 6.61 Å². The number of ether oxygens (including phenoxy) is 1. The molecule has 1 saturated heterocycles. The van der Waals surface area contributed by atoms with E-state index in [1.54, 1.807) is 0 Å². The van der Waals surface area contributed by atoms with E-state index in [1.165, 1.54) is 6.92 Å². The minimum Gasteiger partial charge on any atom is -0.479 e. The smallest absolute Gasteiger partial charge is 0.335 e. The van der Waals surface area contributed by atoms with Gasteiger partial charge in [-0.1, -0.05) is 0 Å². The van der Waals surface area contributed by atoms with Crippen LogP contribution in [0.1, 0.15) is 6.92 Å². The summed E-state index contributed by atoms with van der Waals surface area (Å²) in [5.74, 6) is -2.22. The molecular formula is C14H25NO13. The van der Waals surface area contributed by atoms with Gasteiger partial charge in [0.1, 0.15) is 42.7 Å². The first-order valence-electron chi connectivity index (χ1n) is 7.86. The van der Waals surface area contributed by atoms with Crippen LogP contribution < -0.4 is 5.32 Å². The fraction of sp³-hybridized carbons (Fsp3) is 0.786. The summed E-state index contributed by atoms with van der Waals surface area (Å²) >= 11 is 0. The molecule has 0 aromatic heterocycles. The molecule has 0 aromatic rings. The molecule has 1 aliphatic rings. The Balaban J connectivity index is 0.000000528. The number of hydrogen-bond donors (Lipinski definition) is 10. The molecule has 14 heteroatoms.